The van der Waals surface area contributed by atoms with Crippen molar-refractivity contribution in [3.8, 4) is 0 Å². The Morgan fingerprint density at radius 2 is 2.33 bits per heavy atom. The van der Waals surface area contributed by atoms with Crippen LogP contribution in [0.3, 0.4) is 0 Å². The van der Waals surface area contributed by atoms with Crippen LogP contribution >= 0.6 is 0 Å². The van der Waals surface area contributed by atoms with Crippen molar-refractivity contribution in [3.63, 3.8) is 0 Å². The first-order valence-corrected chi connectivity index (χ1v) is 5.18. The smallest absolute Gasteiger partial charge is 0.305 e. The summed E-state index contributed by atoms with van der Waals surface area (Å²) < 4.78 is 10.2. The molecule has 0 saturated heterocycles. The first-order valence-electron chi connectivity index (χ1n) is 5.18. The zero-order chi connectivity index (χ0) is 11.3. The Kier molecular flexibility index (Phi) is 4.49. The van der Waals surface area contributed by atoms with Crippen molar-refractivity contribution in [1.29, 1.82) is 0 Å². The standard InChI is InChI=1S/C11H16O4/c1-3-4-5-10-9(13)6-7-11(15-10)14-8(2)12/h6-7,10-11H,3-5H2,1-2H3/t10-,11-/m1/s1. The Morgan fingerprint density at radius 1 is 1.60 bits per heavy atom. The number of unbranched alkanes of at least 4 members (excludes halogenated alkanes) is 1. The topological polar surface area (TPSA) is 52.6 Å². The summed E-state index contributed by atoms with van der Waals surface area (Å²) in [7, 11) is 0. The summed E-state index contributed by atoms with van der Waals surface area (Å²) in [5.74, 6) is -0.458. The van der Waals surface area contributed by atoms with Crippen LogP contribution in [0.4, 0.5) is 0 Å². The second kappa shape index (κ2) is 5.66. The van der Waals surface area contributed by atoms with Crippen LogP contribution in [0.5, 0.6) is 0 Å². The molecule has 1 rings (SSSR count). The summed E-state index contributed by atoms with van der Waals surface area (Å²) in [6, 6.07) is 0. The first kappa shape index (κ1) is 11.9. The average Bonchev–Trinajstić information content (AvgIpc) is 2.18. The lowest BCUT2D eigenvalue weighted by molar-refractivity contribution is -0.180. The van der Waals surface area contributed by atoms with E-state index < -0.39 is 18.4 Å². The summed E-state index contributed by atoms with van der Waals surface area (Å²) in [5, 5.41) is 0. The molecule has 0 unspecified atom stereocenters. The normalized spacial score (nSPS) is 25.3. The fourth-order valence-corrected chi connectivity index (χ4v) is 1.39. The maximum absolute atomic E-state index is 11.4. The van der Waals surface area contributed by atoms with E-state index in [1.54, 1.807) is 0 Å². The van der Waals surface area contributed by atoms with Gasteiger partial charge in [-0.2, -0.15) is 0 Å². The van der Waals surface area contributed by atoms with E-state index in [0.29, 0.717) is 6.42 Å². The number of hydrogen-bond acceptors (Lipinski definition) is 4. The minimum atomic E-state index is -0.706. The second-order valence-corrected chi connectivity index (χ2v) is 3.51. The lowest BCUT2D eigenvalue weighted by atomic mass is 10.1. The Balaban J connectivity index is 2.50. The van der Waals surface area contributed by atoms with Gasteiger partial charge in [-0.15, -0.1) is 0 Å². The first-order chi connectivity index (χ1) is 7.13. The number of carbonyl (C=O) groups excluding carboxylic acids is 2. The monoisotopic (exact) mass is 212 g/mol. The van der Waals surface area contributed by atoms with E-state index in [-0.39, 0.29) is 5.78 Å². The van der Waals surface area contributed by atoms with Gasteiger partial charge in [0.05, 0.1) is 0 Å². The van der Waals surface area contributed by atoms with E-state index in [0.717, 1.165) is 12.8 Å². The molecule has 2 atom stereocenters. The van der Waals surface area contributed by atoms with Crippen LogP contribution in [0.2, 0.25) is 0 Å². The molecular formula is C11H16O4. The maximum atomic E-state index is 11.4. The fraction of sp³-hybridized carbons (Fsp3) is 0.636. The molecule has 0 spiro atoms. The molecular weight excluding hydrogens is 196 g/mol. The Morgan fingerprint density at radius 3 is 2.93 bits per heavy atom. The van der Waals surface area contributed by atoms with Crippen molar-refractivity contribution in [1.82, 2.24) is 0 Å². The van der Waals surface area contributed by atoms with Crippen molar-refractivity contribution in [3.05, 3.63) is 12.2 Å². The summed E-state index contributed by atoms with van der Waals surface area (Å²) in [6.07, 6.45) is 4.34. The van der Waals surface area contributed by atoms with Crippen LogP contribution in [0.25, 0.3) is 0 Å². The lowest BCUT2D eigenvalue weighted by Crippen LogP contribution is -2.33. The number of esters is 1. The van der Waals surface area contributed by atoms with Gasteiger partial charge in [0.25, 0.3) is 0 Å². The molecule has 0 aliphatic carbocycles. The highest BCUT2D eigenvalue weighted by Crippen LogP contribution is 2.15. The molecule has 4 nitrogen and oxygen atoms in total. The molecule has 1 aliphatic heterocycles. The number of rotatable bonds is 4. The number of ketones is 1. The van der Waals surface area contributed by atoms with Gasteiger partial charge in [0.1, 0.15) is 6.10 Å². The van der Waals surface area contributed by atoms with Gasteiger partial charge >= 0.3 is 5.97 Å². The third kappa shape index (κ3) is 3.83. The van der Waals surface area contributed by atoms with E-state index in [9.17, 15) is 9.59 Å². The predicted molar refractivity (Wildman–Crippen MR) is 54.1 cm³/mol. The molecule has 0 N–H and O–H groups in total. The summed E-state index contributed by atoms with van der Waals surface area (Å²) >= 11 is 0. The highest BCUT2D eigenvalue weighted by molar-refractivity contribution is 5.94. The third-order valence-electron chi connectivity index (χ3n) is 2.14. The van der Waals surface area contributed by atoms with Gasteiger partial charge in [0, 0.05) is 6.92 Å². The zero-order valence-corrected chi connectivity index (χ0v) is 9.06. The number of ether oxygens (including phenoxy) is 2. The largest absolute Gasteiger partial charge is 0.432 e. The Bertz CT molecular complexity index is 270. The SMILES string of the molecule is CCCC[C@H]1O[C@@H](OC(C)=O)C=CC1=O. The predicted octanol–water partition coefficient (Wildman–Crippen LogP) is 1.59. The van der Waals surface area contributed by atoms with Gasteiger partial charge in [-0.1, -0.05) is 19.8 Å². The van der Waals surface area contributed by atoms with Crippen LogP contribution in [-0.2, 0) is 19.1 Å². The molecule has 1 heterocycles. The zero-order valence-electron chi connectivity index (χ0n) is 9.06. The van der Waals surface area contributed by atoms with Gasteiger partial charge in [0.2, 0.25) is 6.29 Å². The molecule has 4 heteroatoms. The van der Waals surface area contributed by atoms with Crippen LogP contribution in [0, 0.1) is 0 Å². The highest BCUT2D eigenvalue weighted by atomic mass is 16.7. The highest BCUT2D eigenvalue weighted by Gasteiger charge is 2.25. The molecule has 0 radical (unpaired) electrons. The van der Waals surface area contributed by atoms with Crippen LogP contribution in [0.15, 0.2) is 12.2 Å². The van der Waals surface area contributed by atoms with Crippen LogP contribution in [-0.4, -0.2) is 24.1 Å². The molecule has 0 aromatic rings. The van der Waals surface area contributed by atoms with Crippen LogP contribution < -0.4 is 0 Å². The molecule has 1 aliphatic rings. The molecule has 0 amide bonds. The molecule has 84 valence electrons. The van der Waals surface area contributed by atoms with Gasteiger partial charge in [-0.3, -0.25) is 9.59 Å². The molecule has 0 aromatic heterocycles. The van der Waals surface area contributed by atoms with Gasteiger partial charge < -0.3 is 9.47 Å². The van der Waals surface area contributed by atoms with Gasteiger partial charge in [-0.25, -0.2) is 0 Å². The molecule has 0 bridgehead atoms. The van der Waals surface area contributed by atoms with Crippen LogP contribution in [0.1, 0.15) is 33.1 Å². The molecule has 0 aromatic carbocycles. The van der Waals surface area contributed by atoms with Crippen molar-refractivity contribution in [2.45, 2.75) is 45.5 Å². The van der Waals surface area contributed by atoms with Crippen molar-refractivity contribution >= 4 is 11.8 Å². The van der Waals surface area contributed by atoms with Crippen molar-refractivity contribution in [2.24, 2.45) is 0 Å². The minimum Gasteiger partial charge on any atom is -0.432 e. The second-order valence-electron chi connectivity index (χ2n) is 3.51. The Hall–Kier alpha value is -1.16. The van der Waals surface area contributed by atoms with E-state index in [1.165, 1.54) is 19.1 Å². The summed E-state index contributed by atoms with van der Waals surface area (Å²) in [4.78, 5) is 22.1. The Labute approximate surface area is 89.2 Å². The fourth-order valence-electron chi connectivity index (χ4n) is 1.39. The van der Waals surface area contributed by atoms with Crippen molar-refractivity contribution in [2.75, 3.05) is 0 Å². The third-order valence-corrected chi connectivity index (χ3v) is 2.14. The van der Waals surface area contributed by atoms with E-state index in [4.69, 9.17) is 9.47 Å². The quantitative estimate of drug-likeness (QED) is 0.664. The number of carbonyl (C=O) groups is 2. The van der Waals surface area contributed by atoms with E-state index in [2.05, 4.69) is 0 Å². The molecule has 0 saturated carbocycles. The van der Waals surface area contributed by atoms with Gasteiger partial charge in [-0.05, 0) is 18.6 Å². The lowest BCUT2D eigenvalue weighted by Gasteiger charge is -2.24. The van der Waals surface area contributed by atoms with E-state index in [1.807, 2.05) is 6.92 Å². The maximum Gasteiger partial charge on any atom is 0.305 e. The number of hydrogen-bond donors (Lipinski definition) is 0. The van der Waals surface area contributed by atoms with E-state index >= 15 is 0 Å². The van der Waals surface area contributed by atoms with Gasteiger partial charge in [0.15, 0.2) is 5.78 Å². The summed E-state index contributed by atoms with van der Waals surface area (Å²) in [5.41, 5.74) is 0. The van der Waals surface area contributed by atoms with Crippen molar-refractivity contribution < 1.29 is 19.1 Å². The summed E-state index contributed by atoms with van der Waals surface area (Å²) in [6.45, 7) is 3.36. The average molecular weight is 212 g/mol. The molecule has 15 heavy (non-hydrogen) atoms. The minimum absolute atomic E-state index is 0.0492. The molecule has 0 fully saturated rings.